The minimum Gasteiger partial charge on any atom is -0.472 e. The van der Waals surface area contributed by atoms with Crippen molar-refractivity contribution in [2.24, 2.45) is 5.92 Å². The molecule has 16 heavy (non-hydrogen) atoms. The maximum Gasteiger partial charge on any atom is 0.260 e. The Bertz CT molecular complexity index is 492. The Kier molecular flexibility index (Phi) is 2.68. The van der Waals surface area contributed by atoms with Crippen molar-refractivity contribution >= 4 is 11.5 Å². The molecule has 5 nitrogen and oxygen atoms in total. The maximum absolute atomic E-state index is 5.75. The third-order valence-electron chi connectivity index (χ3n) is 2.60. The topological polar surface area (TPSA) is 65.4 Å². The van der Waals surface area contributed by atoms with E-state index in [-0.39, 0.29) is 6.10 Å². The van der Waals surface area contributed by atoms with E-state index in [2.05, 4.69) is 23.8 Å². The number of ether oxygens (including phenoxy) is 1. The first-order valence-corrected chi connectivity index (χ1v) is 5.33. The summed E-state index contributed by atoms with van der Waals surface area (Å²) in [6, 6.07) is 0. The first-order valence-electron chi connectivity index (χ1n) is 5.33. The molecule has 2 heterocycles. The van der Waals surface area contributed by atoms with Crippen LogP contribution in [0.5, 0.6) is 5.88 Å². The van der Waals surface area contributed by atoms with E-state index < -0.39 is 0 Å². The van der Waals surface area contributed by atoms with E-state index in [4.69, 9.17) is 10.5 Å². The van der Waals surface area contributed by atoms with Gasteiger partial charge in [0.2, 0.25) is 5.65 Å². The molecule has 2 aromatic rings. The SMILES string of the molecule is CC(C)C(C)Oc1nc(N)cn2ccnc12. The summed E-state index contributed by atoms with van der Waals surface area (Å²) in [5.74, 6) is 1.33. The van der Waals surface area contributed by atoms with Crippen molar-refractivity contribution < 1.29 is 4.74 Å². The quantitative estimate of drug-likeness (QED) is 0.855. The fourth-order valence-electron chi connectivity index (χ4n) is 1.31. The third kappa shape index (κ3) is 1.93. The first-order chi connectivity index (χ1) is 7.58. The minimum atomic E-state index is 0.0785. The van der Waals surface area contributed by atoms with Gasteiger partial charge in [-0.3, -0.25) is 4.40 Å². The van der Waals surface area contributed by atoms with Gasteiger partial charge in [-0.25, -0.2) is 4.98 Å². The van der Waals surface area contributed by atoms with Gasteiger partial charge in [-0.2, -0.15) is 4.98 Å². The minimum absolute atomic E-state index is 0.0785. The maximum atomic E-state index is 5.75. The molecule has 2 aromatic heterocycles. The molecular weight excluding hydrogens is 204 g/mol. The molecule has 1 atom stereocenters. The smallest absolute Gasteiger partial charge is 0.260 e. The molecule has 0 spiro atoms. The van der Waals surface area contributed by atoms with Gasteiger partial charge in [-0.05, 0) is 12.8 Å². The monoisotopic (exact) mass is 220 g/mol. The number of aromatic nitrogens is 3. The summed E-state index contributed by atoms with van der Waals surface area (Å²) in [7, 11) is 0. The van der Waals surface area contributed by atoms with E-state index in [0.29, 0.717) is 23.3 Å². The molecule has 0 radical (unpaired) electrons. The Hall–Kier alpha value is -1.78. The summed E-state index contributed by atoms with van der Waals surface area (Å²) in [5, 5.41) is 0. The zero-order chi connectivity index (χ0) is 11.7. The summed E-state index contributed by atoms with van der Waals surface area (Å²) >= 11 is 0. The van der Waals surface area contributed by atoms with Crippen LogP contribution in [0.1, 0.15) is 20.8 Å². The van der Waals surface area contributed by atoms with Gasteiger partial charge < -0.3 is 10.5 Å². The lowest BCUT2D eigenvalue weighted by Crippen LogP contribution is -2.20. The second-order valence-electron chi connectivity index (χ2n) is 4.20. The van der Waals surface area contributed by atoms with Crippen LogP contribution in [-0.4, -0.2) is 20.5 Å². The Labute approximate surface area is 94.3 Å². The molecular formula is C11H16N4O. The van der Waals surface area contributed by atoms with E-state index in [0.717, 1.165) is 0 Å². The fraction of sp³-hybridized carbons (Fsp3) is 0.455. The van der Waals surface area contributed by atoms with E-state index in [1.165, 1.54) is 0 Å². The van der Waals surface area contributed by atoms with Gasteiger partial charge >= 0.3 is 0 Å². The lowest BCUT2D eigenvalue weighted by Gasteiger charge is -2.17. The molecule has 2 N–H and O–H groups in total. The van der Waals surface area contributed by atoms with Crippen molar-refractivity contribution in [2.75, 3.05) is 5.73 Å². The molecule has 86 valence electrons. The molecule has 2 rings (SSSR count). The number of anilines is 1. The van der Waals surface area contributed by atoms with Crippen molar-refractivity contribution in [1.82, 2.24) is 14.4 Å². The average Bonchev–Trinajstić information content (AvgIpc) is 2.65. The van der Waals surface area contributed by atoms with Crippen LogP contribution in [0.4, 0.5) is 5.82 Å². The van der Waals surface area contributed by atoms with Crippen molar-refractivity contribution in [1.29, 1.82) is 0 Å². The van der Waals surface area contributed by atoms with Crippen LogP contribution in [-0.2, 0) is 0 Å². The molecule has 0 bridgehead atoms. The number of hydrogen-bond donors (Lipinski definition) is 1. The van der Waals surface area contributed by atoms with Gasteiger partial charge in [-0.15, -0.1) is 0 Å². The van der Waals surface area contributed by atoms with Crippen molar-refractivity contribution in [3.8, 4) is 5.88 Å². The van der Waals surface area contributed by atoms with Crippen molar-refractivity contribution in [3.05, 3.63) is 18.6 Å². The fourth-order valence-corrected chi connectivity index (χ4v) is 1.31. The number of nitrogens with zero attached hydrogens (tertiary/aromatic N) is 3. The van der Waals surface area contributed by atoms with Crippen LogP contribution in [0, 0.1) is 5.92 Å². The van der Waals surface area contributed by atoms with E-state index in [1.807, 2.05) is 17.5 Å². The van der Waals surface area contributed by atoms with E-state index in [9.17, 15) is 0 Å². The van der Waals surface area contributed by atoms with Crippen LogP contribution in [0.25, 0.3) is 5.65 Å². The van der Waals surface area contributed by atoms with Gasteiger partial charge in [0.05, 0.1) is 6.20 Å². The molecule has 0 aliphatic carbocycles. The second-order valence-corrected chi connectivity index (χ2v) is 4.20. The molecule has 0 saturated heterocycles. The average molecular weight is 220 g/mol. The van der Waals surface area contributed by atoms with Crippen LogP contribution in [0.15, 0.2) is 18.6 Å². The lowest BCUT2D eigenvalue weighted by atomic mass is 10.1. The highest BCUT2D eigenvalue weighted by molar-refractivity contribution is 5.52. The second kappa shape index (κ2) is 4.00. The third-order valence-corrected chi connectivity index (χ3v) is 2.60. The highest BCUT2D eigenvalue weighted by Crippen LogP contribution is 2.20. The molecule has 0 aromatic carbocycles. The summed E-state index contributed by atoms with van der Waals surface area (Å²) in [4.78, 5) is 8.36. The molecule has 0 aliphatic rings. The first kappa shape index (κ1) is 10.7. The largest absolute Gasteiger partial charge is 0.472 e. The van der Waals surface area contributed by atoms with Crippen molar-refractivity contribution in [3.63, 3.8) is 0 Å². The number of nitrogens with two attached hydrogens (primary N) is 1. The zero-order valence-electron chi connectivity index (χ0n) is 9.71. The Morgan fingerprint density at radius 2 is 2.12 bits per heavy atom. The van der Waals surface area contributed by atoms with E-state index >= 15 is 0 Å². The van der Waals surface area contributed by atoms with Crippen LogP contribution in [0.2, 0.25) is 0 Å². The standard InChI is InChI=1S/C11H16N4O/c1-7(2)8(3)16-11-10-13-4-5-15(10)6-9(12)14-11/h4-8H,12H2,1-3H3. The predicted octanol–water partition coefficient (Wildman–Crippen LogP) is 1.73. The molecule has 1 unspecified atom stereocenters. The summed E-state index contributed by atoms with van der Waals surface area (Å²) in [6.07, 6.45) is 5.31. The van der Waals surface area contributed by atoms with Gasteiger partial charge in [-0.1, -0.05) is 13.8 Å². The lowest BCUT2D eigenvalue weighted by molar-refractivity contribution is 0.165. The van der Waals surface area contributed by atoms with Crippen LogP contribution in [0.3, 0.4) is 0 Å². The van der Waals surface area contributed by atoms with E-state index in [1.54, 1.807) is 12.4 Å². The van der Waals surface area contributed by atoms with Gasteiger partial charge in [0, 0.05) is 12.4 Å². The Morgan fingerprint density at radius 1 is 1.38 bits per heavy atom. The highest BCUT2D eigenvalue weighted by atomic mass is 16.5. The molecule has 5 heteroatoms. The number of imidazole rings is 1. The Morgan fingerprint density at radius 3 is 2.81 bits per heavy atom. The number of rotatable bonds is 3. The Balaban J connectivity index is 2.39. The number of nitrogen functional groups attached to an aromatic ring is 1. The number of hydrogen-bond acceptors (Lipinski definition) is 4. The summed E-state index contributed by atoms with van der Waals surface area (Å²) < 4.78 is 7.56. The molecule has 0 saturated carbocycles. The summed E-state index contributed by atoms with van der Waals surface area (Å²) in [6.45, 7) is 6.20. The molecule has 0 amide bonds. The predicted molar refractivity (Wildman–Crippen MR) is 62.3 cm³/mol. The number of fused-ring (bicyclic) bond motifs is 1. The highest BCUT2D eigenvalue weighted by Gasteiger charge is 2.13. The van der Waals surface area contributed by atoms with Gasteiger partial charge in [0.25, 0.3) is 5.88 Å². The normalized spacial score (nSPS) is 13.2. The van der Waals surface area contributed by atoms with Crippen LogP contribution < -0.4 is 10.5 Å². The van der Waals surface area contributed by atoms with Crippen LogP contribution >= 0.6 is 0 Å². The zero-order valence-corrected chi connectivity index (χ0v) is 9.71. The molecule has 0 fully saturated rings. The van der Waals surface area contributed by atoms with Gasteiger partial charge in [0.1, 0.15) is 11.9 Å². The van der Waals surface area contributed by atoms with Gasteiger partial charge in [0.15, 0.2) is 0 Å². The molecule has 0 aliphatic heterocycles. The summed E-state index contributed by atoms with van der Waals surface area (Å²) in [5.41, 5.74) is 6.39. The van der Waals surface area contributed by atoms with Crippen molar-refractivity contribution in [2.45, 2.75) is 26.9 Å².